The molecule has 1 aliphatic rings. The highest BCUT2D eigenvalue weighted by atomic mass is 16.7. The Balaban J connectivity index is 2.15. The topological polar surface area (TPSA) is 87.9 Å². The zero-order valence-corrected chi connectivity index (χ0v) is 8.97. The Morgan fingerprint density at radius 3 is 2.76 bits per heavy atom. The summed E-state index contributed by atoms with van der Waals surface area (Å²) in [5.41, 5.74) is 5.33. The first-order valence-electron chi connectivity index (χ1n) is 5.00. The van der Waals surface area contributed by atoms with Crippen LogP contribution in [0.2, 0.25) is 0 Å². The molecule has 0 saturated heterocycles. The molecule has 0 unspecified atom stereocenters. The lowest BCUT2D eigenvalue weighted by molar-refractivity contribution is -0.118. The van der Waals surface area contributed by atoms with E-state index in [4.69, 9.17) is 19.9 Å². The Bertz CT molecular complexity index is 457. The summed E-state index contributed by atoms with van der Waals surface area (Å²) in [5, 5.41) is 0. The minimum Gasteiger partial charge on any atom is -0.492 e. The summed E-state index contributed by atoms with van der Waals surface area (Å²) in [6.07, 6.45) is 0.744. The van der Waals surface area contributed by atoms with Gasteiger partial charge < -0.3 is 19.9 Å². The van der Waals surface area contributed by atoms with E-state index in [0.717, 1.165) is 0 Å². The summed E-state index contributed by atoms with van der Waals surface area (Å²) in [6.45, 7) is 0.244. The van der Waals surface area contributed by atoms with Gasteiger partial charge in [-0.25, -0.2) is 0 Å². The maximum Gasteiger partial charge on any atom is 0.231 e. The predicted molar refractivity (Wildman–Crippen MR) is 57.3 cm³/mol. The summed E-state index contributed by atoms with van der Waals surface area (Å²) in [5.74, 6) is 0.919. The first-order chi connectivity index (χ1) is 8.20. The number of primary amides is 1. The Labute approximate surface area is 97.3 Å². The van der Waals surface area contributed by atoms with Crippen LogP contribution in [-0.4, -0.2) is 25.6 Å². The summed E-state index contributed by atoms with van der Waals surface area (Å²) in [6, 6.07) is 3.10. The van der Waals surface area contributed by atoms with Gasteiger partial charge in [-0.1, -0.05) is 0 Å². The van der Waals surface area contributed by atoms with Crippen molar-refractivity contribution in [3.8, 4) is 17.2 Å². The number of aldehydes is 1. The van der Waals surface area contributed by atoms with Crippen molar-refractivity contribution in [1.29, 1.82) is 0 Å². The molecule has 0 fully saturated rings. The minimum absolute atomic E-state index is 0.0900. The van der Waals surface area contributed by atoms with E-state index < -0.39 is 5.91 Å². The Morgan fingerprint density at radius 2 is 2.12 bits per heavy atom. The van der Waals surface area contributed by atoms with E-state index in [2.05, 4.69) is 0 Å². The second-order valence-electron chi connectivity index (χ2n) is 3.43. The summed E-state index contributed by atoms with van der Waals surface area (Å²) in [4.78, 5) is 21.4. The Hall–Kier alpha value is -2.24. The van der Waals surface area contributed by atoms with Gasteiger partial charge in [0.15, 0.2) is 17.8 Å². The lowest BCUT2D eigenvalue weighted by Crippen LogP contribution is -2.14. The lowest BCUT2D eigenvalue weighted by atomic mass is 10.2. The van der Waals surface area contributed by atoms with E-state index in [1.54, 1.807) is 6.07 Å². The first-order valence-corrected chi connectivity index (χ1v) is 5.00. The number of fused-ring (bicyclic) bond motifs is 1. The normalized spacial score (nSPS) is 12.2. The highest BCUT2D eigenvalue weighted by Crippen LogP contribution is 2.37. The molecule has 6 nitrogen and oxygen atoms in total. The summed E-state index contributed by atoms with van der Waals surface area (Å²) in [7, 11) is 0. The van der Waals surface area contributed by atoms with E-state index in [1.807, 2.05) is 0 Å². The molecule has 0 radical (unpaired) electrons. The van der Waals surface area contributed by atoms with Crippen molar-refractivity contribution in [1.82, 2.24) is 0 Å². The SMILES string of the molecule is NC(=O)CCOc1cc2c(cc1C=O)OCO2. The van der Waals surface area contributed by atoms with Crippen molar-refractivity contribution in [2.45, 2.75) is 6.42 Å². The maximum absolute atomic E-state index is 10.9. The quantitative estimate of drug-likeness (QED) is 0.752. The van der Waals surface area contributed by atoms with Gasteiger partial charge in [0.05, 0.1) is 18.6 Å². The fraction of sp³-hybridized carbons (Fsp3) is 0.273. The molecule has 0 spiro atoms. The maximum atomic E-state index is 10.9. The number of rotatable bonds is 5. The molecule has 0 atom stereocenters. The molecule has 1 aromatic carbocycles. The van der Waals surface area contributed by atoms with Crippen LogP contribution in [0, 0.1) is 0 Å². The molecule has 2 rings (SSSR count). The van der Waals surface area contributed by atoms with Crippen molar-refractivity contribution in [3.05, 3.63) is 17.7 Å². The van der Waals surface area contributed by atoms with Gasteiger partial charge in [-0.05, 0) is 6.07 Å². The number of nitrogens with two attached hydrogens (primary N) is 1. The molecule has 6 heteroatoms. The van der Waals surface area contributed by atoms with Gasteiger partial charge in [0.1, 0.15) is 5.75 Å². The van der Waals surface area contributed by atoms with Gasteiger partial charge >= 0.3 is 0 Å². The Kier molecular flexibility index (Phi) is 3.13. The predicted octanol–water partition coefficient (Wildman–Crippen LogP) is 0.482. The van der Waals surface area contributed by atoms with Crippen LogP contribution < -0.4 is 19.9 Å². The number of carbonyl (C=O) groups excluding carboxylic acids is 2. The molecule has 0 aromatic heterocycles. The molecule has 1 aliphatic heterocycles. The van der Waals surface area contributed by atoms with Crippen LogP contribution in [0.1, 0.15) is 16.8 Å². The standard InChI is InChI=1S/C11H11NO5/c12-11(14)1-2-15-8-4-10-9(16-6-17-10)3-7(8)5-13/h3-5H,1-2,6H2,(H2,12,14). The second-order valence-corrected chi connectivity index (χ2v) is 3.43. The smallest absolute Gasteiger partial charge is 0.231 e. The number of hydrogen-bond acceptors (Lipinski definition) is 5. The molecular weight excluding hydrogens is 226 g/mol. The number of ether oxygens (including phenoxy) is 3. The van der Waals surface area contributed by atoms with Crippen LogP contribution in [0.3, 0.4) is 0 Å². The third-order valence-corrected chi connectivity index (χ3v) is 2.24. The molecule has 90 valence electrons. The van der Waals surface area contributed by atoms with E-state index in [0.29, 0.717) is 29.1 Å². The van der Waals surface area contributed by atoms with Crippen LogP contribution in [0.5, 0.6) is 17.2 Å². The van der Waals surface area contributed by atoms with Gasteiger partial charge in [-0.2, -0.15) is 0 Å². The molecule has 17 heavy (non-hydrogen) atoms. The summed E-state index contributed by atoms with van der Waals surface area (Å²) < 4.78 is 15.6. The number of benzene rings is 1. The average molecular weight is 237 g/mol. The zero-order valence-electron chi connectivity index (χ0n) is 8.97. The van der Waals surface area contributed by atoms with Crippen molar-refractivity contribution in [2.75, 3.05) is 13.4 Å². The monoisotopic (exact) mass is 237 g/mol. The average Bonchev–Trinajstić information content (AvgIpc) is 2.74. The van der Waals surface area contributed by atoms with Gasteiger partial charge in [0.25, 0.3) is 0 Å². The van der Waals surface area contributed by atoms with Crippen molar-refractivity contribution < 1.29 is 23.8 Å². The van der Waals surface area contributed by atoms with Gasteiger partial charge in [0, 0.05) is 6.07 Å². The number of carbonyl (C=O) groups is 2. The fourth-order valence-corrected chi connectivity index (χ4v) is 1.42. The Morgan fingerprint density at radius 1 is 1.41 bits per heavy atom. The van der Waals surface area contributed by atoms with Gasteiger partial charge in [0.2, 0.25) is 12.7 Å². The first kappa shape index (κ1) is 11.3. The second kappa shape index (κ2) is 4.73. The van der Waals surface area contributed by atoms with Crippen molar-refractivity contribution in [3.63, 3.8) is 0 Å². The van der Waals surface area contributed by atoms with E-state index in [1.165, 1.54) is 6.07 Å². The van der Waals surface area contributed by atoms with Crippen LogP contribution in [0.25, 0.3) is 0 Å². The van der Waals surface area contributed by atoms with Crippen LogP contribution >= 0.6 is 0 Å². The molecule has 0 bridgehead atoms. The van der Waals surface area contributed by atoms with Crippen molar-refractivity contribution >= 4 is 12.2 Å². The lowest BCUT2D eigenvalue weighted by Gasteiger charge is -2.08. The number of amides is 1. The summed E-state index contributed by atoms with van der Waals surface area (Å²) >= 11 is 0. The third kappa shape index (κ3) is 2.47. The molecule has 1 aromatic rings. The van der Waals surface area contributed by atoms with Crippen LogP contribution in [0.15, 0.2) is 12.1 Å². The minimum atomic E-state index is -0.460. The molecule has 0 saturated carbocycles. The van der Waals surface area contributed by atoms with E-state index in [-0.39, 0.29) is 19.8 Å². The highest BCUT2D eigenvalue weighted by molar-refractivity contribution is 5.81. The third-order valence-electron chi connectivity index (χ3n) is 2.24. The highest BCUT2D eigenvalue weighted by Gasteiger charge is 2.17. The molecule has 0 aliphatic carbocycles. The zero-order chi connectivity index (χ0) is 12.3. The van der Waals surface area contributed by atoms with E-state index >= 15 is 0 Å². The molecular formula is C11H11NO5. The van der Waals surface area contributed by atoms with Gasteiger partial charge in [-0.15, -0.1) is 0 Å². The molecule has 2 N–H and O–H groups in total. The van der Waals surface area contributed by atoms with Gasteiger partial charge in [-0.3, -0.25) is 9.59 Å². The van der Waals surface area contributed by atoms with Crippen LogP contribution in [-0.2, 0) is 4.79 Å². The van der Waals surface area contributed by atoms with Crippen LogP contribution in [0.4, 0.5) is 0 Å². The van der Waals surface area contributed by atoms with E-state index in [9.17, 15) is 9.59 Å². The molecule has 1 amide bonds. The van der Waals surface area contributed by atoms with Crippen molar-refractivity contribution in [2.24, 2.45) is 5.73 Å². The molecule has 1 heterocycles. The number of hydrogen-bond donors (Lipinski definition) is 1. The fourth-order valence-electron chi connectivity index (χ4n) is 1.42. The largest absolute Gasteiger partial charge is 0.492 e.